The lowest BCUT2D eigenvalue weighted by atomic mass is 10.00. The van der Waals surface area contributed by atoms with Crippen LogP contribution >= 0.6 is 11.3 Å². The van der Waals surface area contributed by atoms with Crippen LogP contribution in [0.3, 0.4) is 0 Å². The number of carbonyl (C=O) groups excluding carboxylic acids is 1. The fourth-order valence-corrected chi connectivity index (χ4v) is 3.46. The molecule has 0 saturated heterocycles. The molecule has 3 nitrogen and oxygen atoms in total. The summed E-state index contributed by atoms with van der Waals surface area (Å²) in [4.78, 5) is 18.5. The van der Waals surface area contributed by atoms with Gasteiger partial charge in [0.05, 0.1) is 10.6 Å². The largest absolute Gasteiger partial charge is 0.318 e. The van der Waals surface area contributed by atoms with Crippen LogP contribution in [0.25, 0.3) is 0 Å². The Morgan fingerprint density at radius 3 is 2.95 bits per heavy atom. The molecule has 0 radical (unpaired) electrons. The Morgan fingerprint density at radius 2 is 2.21 bits per heavy atom. The van der Waals surface area contributed by atoms with E-state index in [1.54, 1.807) is 0 Å². The summed E-state index contributed by atoms with van der Waals surface area (Å²) >= 11 is 1.48. The average Bonchev–Trinajstić information content (AvgIpc) is 2.78. The van der Waals surface area contributed by atoms with Gasteiger partial charge in [-0.05, 0) is 38.3 Å². The van der Waals surface area contributed by atoms with Gasteiger partial charge in [0.25, 0.3) is 0 Å². The molecule has 19 heavy (non-hydrogen) atoms. The van der Waals surface area contributed by atoms with Gasteiger partial charge < -0.3 is 4.90 Å². The normalized spacial score (nSPS) is 14.3. The number of hydrogen-bond acceptors (Lipinski definition) is 4. The van der Waals surface area contributed by atoms with Crippen molar-refractivity contribution in [2.45, 2.75) is 26.7 Å². The van der Waals surface area contributed by atoms with E-state index >= 15 is 0 Å². The van der Waals surface area contributed by atoms with Gasteiger partial charge in [-0.1, -0.05) is 29.0 Å². The van der Waals surface area contributed by atoms with Crippen molar-refractivity contribution in [2.75, 3.05) is 11.4 Å². The number of hydrogen-bond donors (Lipinski definition) is 0. The summed E-state index contributed by atoms with van der Waals surface area (Å²) in [5, 5.41) is 0.935. The second-order valence-corrected chi connectivity index (χ2v) is 5.96. The van der Waals surface area contributed by atoms with E-state index in [9.17, 15) is 4.79 Å². The fraction of sp³-hybridized carbons (Fsp3) is 0.333. The molecule has 4 heteroatoms. The highest BCUT2D eigenvalue weighted by Crippen LogP contribution is 2.36. The van der Waals surface area contributed by atoms with Crippen molar-refractivity contribution in [3.8, 4) is 0 Å². The number of aryl methyl sites for hydroxylation is 3. The third-order valence-electron chi connectivity index (χ3n) is 3.51. The smallest absolute Gasteiger partial charge is 0.190 e. The lowest BCUT2D eigenvalue weighted by molar-refractivity contribution is 0.112. The maximum Gasteiger partial charge on any atom is 0.190 e. The van der Waals surface area contributed by atoms with Crippen LogP contribution in [-0.4, -0.2) is 17.8 Å². The van der Waals surface area contributed by atoms with Crippen LogP contribution in [0.2, 0.25) is 0 Å². The number of aldehydes is 1. The van der Waals surface area contributed by atoms with Gasteiger partial charge in [0.15, 0.2) is 11.4 Å². The summed E-state index contributed by atoms with van der Waals surface area (Å²) in [5.74, 6) is 0. The predicted molar refractivity (Wildman–Crippen MR) is 78.7 cm³/mol. The van der Waals surface area contributed by atoms with Gasteiger partial charge in [-0.15, -0.1) is 0 Å². The van der Waals surface area contributed by atoms with Crippen LogP contribution in [0.4, 0.5) is 10.8 Å². The standard InChI is InChI=1S/C15H16N2OS/c1-10-5-6-13-12(8-10)4-3-7-17(13)15-16-11(2)14(9-18)19-15/h5-6,8-9H,3-4,7H2,1-2H3. The van der Waals surface area contributed by atoms with Crippen molar-refractivity contribution < 1.29 is 4.79 Å². The number of fused-ring (bicyclic) bond motifs is 1. The van der Waals surface area contributed by atoms with Gasteiger partial charge in [-0.3, -0.25) is 4.79 Å². The van der Waals surface area contributed by atoms with Gasteiger partial charge in [-0.25, -0.2) is 4.98 Å². The second-order valence-electron chi connectivity index (χ2n) is 4.95. The van der Waals surface area contributed by atoms with E-state index in [4.69, 9.17) is 0 Å². The Kier molecular flexibility index (Phi) is 3.11. The monoisotopic (exact) mass is 272 g/mol. The van der Waals surface area contributed by atoms with Gasteiger partial charge in [0.2, 0.25) is 0 Å². The van der Waals surface area contributed by atoms with Crippen LogP contribution < -0.4 is 4.90 Å². The highest BCUT2D eigenvalue weighted by atomic mass is 32.1. The van der Waals surface area contributed by atoms with Crippen LogP contribution in [0.15, 0.2) is 18.2 Å². The lowest BCUT2D eigenvalue weighted by Gasteiger charge is -2.29. The van der Waals surface area contributed by atoms with E-state index in [1.165, 1.54) is 28.2 Å². The van der Waals surface area contributed by atoms with Crippen molar-refractivity contribution in [2.24, 2.45) is 0 Å². The highest BCUT2D eigenvalue weighted by molar-refractivity contribution is 7.17. The van der Waals surface area contributed by atoms with Gasteiger partial charge in [0, 0.05) is 12.2 Å². The fourth-order valence-electron chi connectivity index (χ4n) is 2.54. The summed E-state index contributed by atoms with van der Waals surface area (Å²) < 4.78 is 0. The van der Waals surface area contributed by atoms with Crippen LogP contribution in [0.5, 0.6) is 0 Å². The molecule has 0 fully saturated rings. The molecule has 0 amide bonds. The quantitative estimate of drug-likeness (QED) is 0.782. The van der Waals surface area contributed by atoms with Gasteiger partial charge in [0.1, 0.15) is 0 Å². The minimum absolute atomic E-state index is 0.731. The molecule has 1 aliphatic heterocycles. The zero-order valence-electron chi connectivity index (χ0n) is 11.1. The van der Waals surface area contributed by atoms with Gasteiger partial charge in [-0.2, -0.15) is 0 Å². The molecule has 0 spiro atoms. The molecule has 0 N–H and O–H groups in total. The SMILES string of the molecule is Cc1ccc2c(c1)CCCN2c1nc(C)c(C=O)s1. The first-order valence-corrected chi connectivity index (χ1v) is 7.30. The molecule has 1 aliphatic rings. The van der Waals surface area contributed by atoms with Crippen molar-refractivity contribution in [1.29, 1.82) is 0 Å². The molecule has 2 aromatic rings. The van der Waals surface area contributed by atoms with Crippen molar-refractivity contribution in [3.05, 3.63) is 39.9 Å². The second kappa shape index (κ2) is 4.78. The molecule has 1 aromatic heterocycles. The Labute approximate surface area is 116 Å². The maximum absolute atomic E-state index is 11.0. The number of nitrogens with zero attached hydrogens (tertiary/aromatic N) is 2. The topological polar surface area (TPSA) is 33.2 Å². The van der Waals surface area contributed by atoms with Crippen molar-refractivity contribution in [1.82, 2.24) is 4.98 Å². The van der Waals surface area contributed by atoms with E-state index in [-0.39, 0.29) is 0 Å². The number of anilines is 2. The van der Waals surface area contributed by atoms with E-state index in [0.29, 0.717) is 0 Å². The van der Waals surface area contributed by atoms with Crippen LogP contribution in [0.1, 0.15) is 32.9 Å². The molecular formula is C15H16N2OS. The first-order valence-electron chi connectivity index (χ1n) is 6.48. The molecule has 0 bridgehead atoms. The Balaban J connectivity index is 2.05. The molecule has 0 atom stereocenters. The number of rotatable bonds is 2. The molecule has 0 saturated carbocycles. The minimum Gasteiger partial charge on any atom is -0.318 e. The first kappa shape index (κ1) is 12.4. The highest BCUT2D eigenvalue weighted by Gasteiger charge is 2.21. The molecule has 0 unspecified atom stereocenters. The molecule has 1 aromatic carbocycles. The average molecular weight is 272 g/mol. The zero-order valence-corrected chi connectivity index (χ0v) is 12.0. The van der Waals surface area contributed by atoms with E-state index in [0.717, 1.165) is 41.4 Å². The van der Waals surface area contributed by atoms with Crippen molar-refractivity contribution in [3.63, 3.8) is 0 Å². The number of benzene rings is 1. The van der Waals surface area contributed by atoms with Crippen LogP contribution in [-0.2, 0) is 6.42 Å². The summed E-state index contributed by atoms with van der Waals surface area (Å²) in [5.41, 5.74) is 4.74. The summed E-state index contributed by atoms with van der Waals surface area (Å²) in [7, 11) is 0. The summed E-state index contributed by atoms with van der Waals surface area (Å²) in [6.07, 6.45) is 3.15. The van der Waals surface area contributed by atoms with Gasteiger partial charge >= 0.3 is 0 Å². The number of aromatic nitrogens is 1. The molecule has 2 heterocycles. The third-order valence-corrected chi connectivity index (χ3v) is 4.62. The van der Waals surface area contributed by atoms with E-state index in [2.05, 4.69) is 35.0 Å². The third kappa shape index (κ3) is 2.16. The molecule has 3 rings (SSSR count). The number of carbonyl (C=O) groups is 1. The van der Waals surface area contributed by atoms with E-state index in [1.807, 2.05) is 6.92 Å². The summed E-state index contributed by atoms with van der Waals surface area (Å²) in [6, 6.07) is 6.56. The number of thiazole rings is 1. The first-order chi connectivity index (χ1) is 9.19. The summed E-state index contributed by atoms with van der Waals surface area (Å²) in [6.45, 7) is 4.99. The zero-order chi connectivity index (χ0) is 13.4. The molecular weight excluding hydrogens is 256 g/mol. The molecule has 0 aliphatic carbocycles. The Morgan fingerprint density at radius 1 is 1.37 bits per heavy atom. The Hall–Kier alpha value is -1.68. The maximum atomic E-state index is 11.0. The van der Waals surface area contributed by atoms with Crippen molar-refractivity contribution >= 4 is 28.4 Å². The van der Waals surface area contributed by atoms with E-state index < -0.39 is 0 Å². The van der Waals surface area contributed by atoms with Crippen LogP contribution in [0, 0.1) is 13.8 Å². The lowest BCUT2D eigenvalue weighted by Crippen LogP contribution is -2.24. The molecule has 98 valence electrons. The minimum atomic E-state index is 0.731. The predicted octanol–water partition coefficient (Wildman–Crippen LogP) is 3.66. The Bertz CT molecular complexity index is 633.